The summed E-state index contributed by atoms with van der Waals surface area (Å²) in [5.74, 6) is 0. The molecule has 1 aliphatic heterocycles. The van der Waals surface area contributed by atoms with Gasteiger partial charge in [0, 0.05) is 25.7 Å². The van der Waals surface area contributed by atoms with Crippen LogP contribution in [0.4, 0.5) is 0 Å². The third-order valence-electron chi connectivity index (χ3n) is 5.28. The minimum absolute atomic E-state index is 0.00219. The lowest BCUT2D eigenvalue weighted by Crippen LogP contribution is -2.63. The van der Waals surface area contributed by atoms with Crippen LogP contribution in [0.1, 0.15) is 38.8 Å². The van der Waals surface area contributed by atoms with Crippen LogP contribution in [0.15, 0.2) is 60.7 Å². The van der Waals surface area contributed by atoms with Gasteiger partial charge in [0.05, 0.1) is 5.54 Å². The van der Waals surface area contributed by atoms with Crippen LogP contribution >= 0.6 is 0 Å². The van der Waals surface area contributed by atoms with Gasteiger partial charge in [0.1, 0.15) is 0 Å². The van der Waals surface area contributed by atoms with Gasteiger partial charge in [-0.2, -0.15) is 0 Å². The van der Waals surface area contributed by atoms with Crippen molar-refractivity contribution < 1.29 is 0 Å². The Bertz CT molecular complexity index is 645. The molecule has 0 saturated carbocycles. The molecule has 2 unspecified atom stereocenters. The predicted molar refractivity (Wildman–Crippen MR) is 102 cm³/mol. The Morgan fingerprint density at radius 2 is 1.58 bits per heavy atom. The van der Waals surface area contributed by atoms with Crippen molar-refractivity contribution in [3.63, 3.8) is 0 Å². The maximum Gasteiger partial charge on any atom is 0.0535 e. The molecule has 1 fully saturated rings. The first kappa shape index (κ1) is 17.2. The predicted octanol–water partition coefficient (Wildman–Crippen LogP) is 4.42. The molecule has 0 spiro atoms. The summed E-state index contributed by atoms with van der Waals surface area (Å²) in [5, 5.41) is 3.84. The Balaban J connectivity index is 1.87. The second-order valence-electron chi connectivity index (χ2n) is 8.35. The van der Waals surface area contributed by atoms with E-state index in [2.05, 4.69) is 98.6 Å². The minimum atomic E-state index is -0.00219. The largest absolute Gasteiger partial charge is 0.305 e. The highest BCUT2D eigenvalue weighted by Crippen LogP contribution is 2.33. The number of rotatable bonds is 3. The first-order valence-corrected chi connectivity index (χ1v) is 8.97. The van der Waals surface area contributed by atoms with Crippen LogP contribution in [0, 0.1) is 5.41 Å². The Labute approximate surface area is 146 Å². The van der Waals surface area contributed by atoms with Gasteiger partial charge in [-0.25, -0.2) is 0 Å². The van der Waals surface area contributed by atoms with Crippen molar-refractivity contribution in [1.29, 1.82) is 0 Å². The summed E-state index contributed by atoms with van der Waals surface area (Å²) in [6, 6.07) is 22.2. The molecule has 0 aliphatic carbocycles. The first-order valence-electron chi connectivity index (χ1n) is 8.97. The van der Waals surface area contributed by atoms with E-state index in [-0.39, 0.29) is 11.0 Å². The van der Waals surface area contributed by atoms with E-state index in [9.17, 15) is 0 Å². The van der Waals surface area contributed by atoms with Crippen molar-refractivity contribution in [3.8, 4) is 0 Å². The number of benzene rings is 2. The Hall–Kier alpha value is -1.64. The minimum Gasteiger partial charge on any atom is -0.305 e. The molecule has 24 heavy (non-hydrogen) atoms. The lowest BCUT2D eigenvalue weighted by Gasteiger charge is -2.51. The van der Waals surface area contributed by atoms with Crippen molar-refractivity contribution in [2.75, 3.05) is 13.1 Å². The molecule has 1 aliphatic rings. The standard InChI is InChI=1S/C22H30N2/c1-21(2,3)20-15-23-22(4,19-13-9-6-10-14-19)17-24(20)16-18-11-7-5-8-12-18/h5-14,20,23H,15-17H2,1-4H3. The molecular formula is C22H30N2. The number of piperazine rings is 1. The van der Waals surface area contributed by atoms with Crippen molar-refractivity contribution in [2.45, 2.75) is 45.8 Å². The fourth-order valence-corrected chi connectivity index (χ4v) is 3.86. The van der Waals surface area contributed by atoms with Crippen LogP contribution < -0.4 is 5.32 Å². The number of hydrogen-bond donors (Lipinski definition) is 1. The fraction of sp³-hybridized carbons (Fsp3) is 0.455. The van der Waals surface area contributed by atoms with Gasteiger partial charge in [-0.05, 0) is 23.5 Å². The molecule has 2 atom stereocenters. The monoisotopic (exact) mass is 322 g/mol. The van der Waals surface area contributed by atoms with Crippen LogP contribution in [0.25, 0.3) is 0 Å². The van der Waals surface area contributed by atoms with E-state index in [1.54, 1.807) is 0 Å². The van der Waals surface area contributed by atoms with Crippen LogP contribution in [0.3, 0.4) is 0 Å². The molecule has 0 aromatic heterocycles. The van der Waals surface area contributed by atoms with Crippen LogP contribution in [-0.2, 0) is 12.1 Å². The van der Waals surface area contributed by atoms with Gasteiger partial charge < -0.3 is 5.32 Å². The molecule has 0 bridgehead atoms. The van der Waals surface area contributed by atoms with Crippen LogP contribution in [0.2, 0.25) is 0 Å². The third kappa shape index (κ3) is 3.71. The molecule has 0 radical (unpaired) electrons. The first-order chi connectivity index (χ1) is 11.4. The summed E-state index contributed by atoms with van der Waals surface area (Å²) >= 11 is 0. The van der Waals surface area contributed by atoms with E-state index in [4.69, 9.17) is 0 Å². The highest BCUT2D eigenvalue weighted by atomic mass is 15.3. The molecule has 1 heterocycles. The van der Waals surface area contributed by atoms with Gasteiger partial charge in [-0.15, -0.1) is 0 Å². The lowest BCUT2D eigenvalue weighted by atomic mass is 9.80. The van der Waals surface area contributed by atoms with Crippen molar-refractivity contribution in [2.24, 2.45) is 5.41 Å². The molecule has 128 valence electrons. The maximum absolute atomic E-state index is 3.84. The summed E-state index contributed by atoms with van der Waals surface area (Å²) < 4.78 is 0. The summed E-state index contributed by atoms with van der Waals surface area (Å²) in [5.41, 5.74) is 3.01. The fourth-order valence-electron chi connectivity index (χ4n) is 3.86. The Morgan fingerprint density at radius 3 is 2.17 bits per heavy atom. The van der Waals surface area contributed by atoms with Gasteiger partial charge in [0.2, 0.25) is 0 Å². The zero-order valence-corrected chi connectivity index (χ0v) is 15.4. The number of nitrogens with zero attached hydrogens (tertiary/aromatic N) is 1. The van der Waals surface area contributed by atoms with Gasteiger partial charge >= 0.3 is 0 Å². The van der Waals surface area contributed by atoms with E-state index < -0.39 is 0 Å². The van der Waals surface area contributed by atoms with Crippen LogP contribution in [0.5, 0.6) is 0 Å². The van der Waals surface area contributed by atoms with Gasteiger partial charge in [0.15, 0.2) is 0 Å². The highest BCUT2D eigenvalue weighted by molar-refractivity contribution is 5.26. The smallest absolute Gasteiger partial charge is 0.0535 e. The van der Waals surface area contributed by atoms with Crippen molar-refractivity contribution >= 4 is 0 Å². The molecular weight excluding hydrogens is 292 g/mol. The maximum atomic E-state index is 3.84. The molecule has 2 heteroatoms. The summed E-state index contributed by atoms with van der Waals surface area (Å²) in [6.07, 6.45) is 0. The van der Waals surface area contributed by atoms with Crippen LogP contribution in [-0.4, -0.2) is 24.0 Å². The van der Waals surface area contributed by atoms with Crippen molar-refractivity contribution in [1.82, 2.24) is 10.2 Å². The van der Waals surface area contributed by atoms with Gasteiger partial charge in [-0.3, -0.25) is 4.90 Å². The average Bonchev–Trinajstić information content (AvgIpc) is 2.55. The third-order valence-corrected chi connectivity index (χ3v) is 5.28. The van der Waals surface area contributed by atoms with E-state index in [0.29, 0.717) is 6.04 Å². The molecule has 1 saturated heterocycles. The summed E-state index contributed by atoms with van der Waals surface area (Å²) in [7, 11) is 0. The molecule has 0 amide bonds. The van der Waals surface area contributed by atoms with E-state index in [1.165, 1.54) is 11.1 Å². The van der Waals surface area contributed by atoms with E-state index in [1.807, 2.05) is 0 Å². The zero-order valence-electron chi connectivity index (χ0n) is 15.4. The zero-order chi connectivity index (χ0) is 17.2. The topological polar surface area (TPSA) is 15.3 Å². The lowest BCUT2D eigenvalue weighted by molar-refractivity contribution is 0.0203. The van der Waals surface area contributed by atoms with E-state index >= 15 is 0 Å². The molecule has 1 N–H and O–H groups in total. The van der Waals surface area contributed by atoms with E-state index in [0.717, 1.165) is 19.6 Å². The van der Waals surface area contributed by atoms with Gasteiger partial charge in [-0.1, -0.05) is 81.4 Å². The Morgan fingerprint density at radius 1 is 1.00 bits per heavy atom. The van der Waals surface area contributed by atoms with Crippen molar-refractivity contribution in [3.05, 3.63) is 71.8 Å². The Kier molecular flexibility index (Phi) is 4.80. The average molecular weight is 322 g/mol. The molecule has 2 nitrogen and oxygen atoms in total. The SMILES string of the molecule is CC1(c2ccccc2)CN(Cc2ccccc2)C(C(C)(C)C)CN1. The number of nitrogens with one attached hydrogen (secondary N) is 1. The van der Waals surface area contributed by atoms with Gasteiger partial charge in [0.25, 0.3) is 0 Å². The number of hydrogen-bond acceptors (Lipinski definition) is 2. The second-order valence-corrected chi connectivity index (χ2v) is 8.35. The molecule has 2 aromatic carbocycles. The quantitative estimate of drug-likeness (QED) is 0.900. The molecule has 2 aromatic rings. The highest BCUT2D eigenvalue weighted by Gasteiger charge is 2.41. The normalized spacial score (nSPS) is 25.6. The second kappa shape index (κ2) is 6.70. The summed E-state index contributed by atoms with van der Waals surface area (Å²) in [4.78, 5) is 2.67. The summed E-state index contributed by atoms with van der Waals surface area (Å²) in [6.45, 7) is 12.4. The molecule has 3 rings (SSSR count).